The molecule has 5 atom stereocenters. The van der Waals surface area contributed by atoms with Gasteiger partial charge in [-0.1, -0.05) is 0 Å². The molecule has 1 saturated heterocycles. The number of benzene rings is 1. The van der Waals surface area contributed by atoms with E-state index in [2.05, 4.69) is 0 Å². The van der Waals surface area contributed by atoms with Crippen molar-refractivity contribution in [2.75, 3.05) is 27.4 Å². The Morgan fingerprint density at radius 1 is 0.960 bits per heavy atom. The zero-order valence-corrected chi connectivity index (χ0v) is 14.0. The standard InChI is InChI=1S/C16H24O9/c1-22-9-5-8(3-4-17)6-10(23-2)15(9)25-16-14(21)13(20)12(19)11(7-18)24-16/h5-6,11-14,16-21H,3-4,7H2,1-2H3/t11-,12-,13+,14-,16?/m1/s1. The Balaban J connectivity index is 2.31. The Labute approximate surface area is 145 Å². The molecule has 2 rings (SSSR count). The van der Waals surface area contributed by atoms with Gasteiger partial charge in [0.15, 0.2) is 11.5 Å². The number of aliphatic hydroxyl groups is 5. The first-order chi connectivity index (χ1) is 12.0. The molecule has 5 N–H and O–H groups in total. The third kappa shape index (κ3) is 4.14. The van der Waals surface area contributed by atoms with Crippen LogP contribution in [0, 0.1) is 0 Å². The summed E-state index contributed by atoms with van der Waals surface area (Å²) in [4.78, 5) is 0. The van der Waals surface area contributed by atoms with Gasteiger partial charge in [-0.3, -0.25) is 0 Å². The second kappa shape index (κ2) is 8.65. The van der Waals surface area contributed by atoms with E-state index < -0.39 is 37.3 Å². The van der Waals surface area contributed by atoms with Crippen LogP contribution in [0.1, 0.15) is 5.56 Å². The van der Waals surface area contributed by atoms with Crippen LogP contribution in [0.4, 0.5) is 0 Å². The number of aliphatic hydroxyl groups excluding tert-OH is 5. The summed E-state index contributed by atoms with van der Waals surface area (Å²) in [6.45, 7) is -0.617. The number of ether oxygens (including phenoxy) is 4. The van der Waals surface area contributed by atoms with Crippen LogP contribution in [-0.2, 0) is 11.2 Å². The van der Waals surface area contributed by atoms with E-state index in [0.29, 0.717) is 6.42 Å². The number of methoxy groups -OCH3 is 2. The minimum Gasteiger partial charge on any atom is -0.493 e. The van der Waals surface area contributed by atoms with Crippen molar-refractivity contribution in [2.24, 2.45) is 0 Å². The largest absolute Gasteiger partial charge is 0.493 e. The minimum atomic E-state index is -1.55. The molecule has 0 aromatic heterocycles. The highest BCUT2D eigenvalue weighted by Crippen LogP contribution is 2.40. The molecule has 1 aliphatic heterocycles. The molecule has 1 unspecified atom stereocenters. The van der Waals surface area contributed by atoms with Crippen molar-refractivity contribution in [3.63, 3.8) is 0 Å². The van der Waals surface area contributed by atoms with E-state index in [9.17, 15) is 20.4 Å². The highest BCUT2D eigenvalue weighted by atomic mass is 16.7. The number of rotatable bonds is 7. The second-order valence-corrected chi connectivity index (χ2v) is 5.62. The molecule has 0 spiro atoms. The van der Waals surface area contributed by atoms with E-state index in [4.69, 9.17) is 24.1 Å². The van der Waals surface area contributed by atoms with Gasteiger partial charge in [0.25, 0.3) is 0 Å². The van der Waals surface area contributed by atoms with Gasteiger partial charge in [-0.2, -0.15) is 0 Å². The molecule has 25 heavy (non-hydrogen) atoms. The maximum absolute atomic E-state index is 10.1. The van der Waals surface area contributed by atoms with Gasteiger partial charge in [-0.15, -0.1) is 0 Å². The van der Waals surface area contributed by atoms with Gasteiger partial charge in [0, 0.05) is 6.61 Å². The SMILES string of the molecule is COc1cc(CCO)cc(OC)c1OC1O[C@H](CO)[C@@H](O)[C@H](O)[C@H]1O. The Morgan fingerprint density at radius 2 is 1.56 bits per heavy atom. The summed E-state index contributed by atoms with van der Waals surface area (Å²) in [5.41, 5.74) is 0.748. The van der Waals surface area contributed by atoms with Gasteiger partial charge in [0.2, 0.25) is 12.0 Å². The second-order valence-electron chi connectivity index (χ2n) is 5.62. The summed E-state index contributed by atoms with van der Waals surface area (Å²) in [5, 5.41) is 48.1. The average Bonchev–Trinajstić information content (AvgIpc) is 2.62. The summed E-state index contributed by atoms with van der Waals surface area (Å²) in [6.07, 6.45) is -6.65. The minimum absolute atomic E-state index is 0.0563. The molecule has 142 valence electrons. The third-order valence-corrected chi connectivity index (χ3v) is 4.00. The van der Waals surface area contributed by atoms with E-state index in [1.807, 2.05) is 0 Å². The van der Waals surface area contributed by atoms with Gasteiger partial charge < -0.3 is 44.5 Å². The fourth-order valence-electron chi connectivity index (χ4n) is 2.60. The van der Waals surface area contributed by atoms with Crippen LogP contribution in [0.3, 0.4) is 0 Å². The van der Waals surface area contributed by atoms with Crippen molar-refractivity contribution in [3.05, 3.63) is 17.7 Å². The number of hydrogen-bond donors (Lipinski definition) is 5. The van der Waals surface area contributed by atoms with Crippen LogP contribution in [0.2, 0.25) is 0 Å². The smallest absolute Gasteiger partial charge is 0.229 e. The van der Waals surface area contributed by atoms with Crippen LogP contribution in [-0.4, -0.2) is 83.7 Å². The van der Waals surface area contributed by atoms with Crippen LogP contribution in [0.25, 0.3) is 0 Å². The molecular formula is C16H24O9. The molecule has 0 aliphatic carbocycles. The zero-order chi connectivity index (χ0) is 18.6. The van der Waals surface area contributed by atoms with Crippen LogP contribution in [0.15, 0.2) is 12.1 Å². The zero-order valence-electron chi connectivity index (χ0n) is 14.0. The first-order valence-corrected chi connectivity index (χ1v) is 7.79. The summed E-state index contributed by atoms with van der Waals surface area (Å²) in [5.74, 6) is 0.676. The molecule has 9 heteroatoms. The van der Waals surface area contributed by atoms with Crippen molar-refractivity contribution in [3.8, 4) is 17.2 Å². The van der Waals surface area contributed by atoms with E-state index in [1.165, 1.54) is 14.2 Å². The Morgan fingerprint density at radius 3 is 2.04 bits per heavy atom. The van der Waals surface area contributed by atoms with E-state index in [1.54, 1.807) is 12.1 Å². The highest BCUT2D eigenvalue weighted by molar-refractivity contribution is 5.54. The molecule has 1 aromatic rings. The highest BCUT2D eigenvalue weighted by Gasteiger charge is 2.45. The molecule has 9 nitrogen and oxygen atoms in total. The van der Waals surface area contributed by atoms with E-state index in [-0.39, 0.29) is 23.9 Å². The average molecular weight is 360 g/mol. The first kappa shape index (κ1) is 19.7. The molecule has 1 heterocycles. The van der Waals surface area contributed by atoms with Crippen molar-refractivity contribution in [1.82, 2.24) is 0 Å². The Hall–Kier alpha value is -1.62. The summed E-state index contributed by atoms with van der Waals surface area (Å²) >= 11 is 0. The fraction of sp³-hybridized carbons (Fsp3) is 0.625. The van der Waals surface area contributed by atoms with Crippen molar-refractivity contribution in [1.29, 1.82) is 0 Å². The predicted octanol–water partition coefficient (Wildman–Crippen LogP) is -1.58. The molecule has 1 fully saturated rings. The van der Waals surface area contributed by atoms with E-state index >= 15 is 0 Å². The summed E-state index contributed by atoms with van der Waals surface area (Å²) in [6, 6.07) is 3.27. The maximum Gasteiger partial charge on any atom is 0.229 e. The van der Waals surface area contributed by atoms with Gasteiger partial charge in [0.1, 0.15) is 24.4 Å². The molecule has 1 aliphatic rings. The van der Waals surface area contributed by atoms with Crippen molar-refractivity contribution in [2.45, 2.75) is 37.1 Å². The monoisotopic (exact) mass is 360 g/mol. The first-order valence-electron chi connectivity index (χ1n) is 7.79. The fourth-order valence-corrected chi connectivity index (χ4v) is 2.60. The molecule has 0 bridgehead atoms. The Kier molecular flexibility index (Phi) is 6.82. The third-order valence-electron chi connectivity index (χ3n) is 4.00. The molecule has 0 amide bonds. The molecule has 1 aromatic carbocycles. The van der Waals surface area contributed by atoms with Crippen molar-refractivity contribution >= 4 is 0 Å². The topological polar surface area (TPSA) is 138 Å². The summed E-state index contributed by atoms with van der Waals surface area (Å²) < 4.78 is 21.5. The van der Waals surface area contributed by atoms with Gasteiger partial charge in [0.05, 0.1) is 20.8 Å². The van der Waals surface area contributed by atoms with Crippen LogP contribution >= 0.6 is 0 Å². The summed E-state index contributed by atoms with van der Waals surface area (Å²) in [7, 11) is 2.83. The lowest BCUT2D eigenvalue weighted by atomic mass is 9.99. The van der Waals surface area contributed by atoms with E-state index in [0.717, 1.165) is 5.56 Å². The maximum atomic E-state index is 10.1. The molecule has 0 saturated carbocycles. The van der Waals surface area contributed by atoms with Gasteiger partial charge >= 0.3 is 0 Å². The molecular weight excluding hydrogens is 336 g/mol. The van der Waals surface area contributed by atoms with Gasteiger partial charge in [-0.25, -0.2) is 0 Å². The lowest BCUT2D eigenvalue weighted by Crippen LogP contribution is -2.60. The quantitative estimate of drug-likeness (QED) is 0.390. The normalized spacial score (nSPS) is 29.3. The van der Waals surface area contributed by atoms with Crippen molar-refractivity contribution < 1.29 is 44.5 Å². The van der Waals surface area contributed by atoms with Crippen LogP contribution < -0.4 is 14.2 Å². The predicted molar refractivity (Wildman–Crippen MR) is 84.7 cm³/mol. The van der Waals surface area contributed by atoms with Crippen LogP contribution in [0.5, 0.6) is 17.2 Å². The Bertz CT molecular complexity index is 538. The number of hydrogen-bond acceptors (Lipinski definition) is 9. The van der Waals surface area contributed by atoms with Gasteiger partial charge in [-0.05, 0) is 24.1 Å². The lowest BCUT2D eigenvalue weighted by Gasteiger charge is -2.39. The molecule has 0 radical (unpaired) electrons. The lowest BCUT2D eigenvalue weighted by molar-refractivity contribution is -0.277.